The number of rotatable bonds is 3. The van der Waals surface area contributed by atoms with Gasteiger partial charge in [-0.05, 0) is 36.2 Å². The zero-order valence-corrected chi connectivity index (χ0v) is 9.93. The Hall–Kier alpha value is -2.16. The largest absolute Gasteiger partial charge is 0.489 e. The molecule has 0 spiro atoms. The number of pyridine rings is 1. The molecule has 3 rings (SSSR count). The summed E-state index contributed by atoms with van der Waals surface area (Å²) < 4.78 is 5.70. The molecule has 0 fully saturated rings. The number of aromatic nitrogens is 1. The molecule has 1 aliphatic rings. The number of ketones is 1. The van der Waals surface area contributed by atoms with Crippen molar-refractivity contribution in [1.29, 1.82) is 0 Å². The first-order chi connectivity index (χ1) is 8.83. The normalized spacial score (nSPS) is 13.4. The van der Waals surface area contributed by atoms with E-state index in [1.807, 2.05) is 30.3 Å². The number of carbonyl (C=O) groups is 1. The van der Waals surface area contributed by atoms with E-state index in [1.165, 1.54) is 0 Å². The lowest BCUT2D eigenvalue weighted by molar-refractivity contribution is 0.0994. The Kier molecular flexibility index (Phi) is 2.81. The van der Waals surface area contributed by atoms with E-state index in [-0.39, 0.29) is 5.78 Å². The summed E-state index contributed by atoms with van der Waals surface area (Å²) in [4.78, 5) is 15.5. The predicted octanol–water partition coefficient (Wildman–Crippen LogP) is 2.79. The Morgan fingerprint density at radius 3 is 3.00 bits per heavy atom. The van der Waals surface area contributed by atoms with Gasteiger partial charge in [0.05, 0.1) is 0 Å². The predicted molar refractivity (Wildman–Crippen MR) is 67.7 cm³/mol. The fourth-order valence-corrected chi connectivity index (χ4v) is 2.17. The van der Waals surface area contributed by atoms with Gasteiger partial charge in [0.15, 0.2) is 5.78 Å². The molecule has 1 heterocycles. The molecule has 0 unspecified atom stereocenters. The van der Waals surface area contributed by atoms with Gasteiger partial charge in [0.1, 0.15) is 12.4 Å². The van der Waals surface area contributed by atoms with Crippen LogP contribution in [0.2, 0.25) is 0 Å². The van der Waals surface area contributed by atoms with Gasteiger partial charge in [-0.2, -0.15) is 0 Å². The van der Waals surface area contributed by atoms with Crippen molar-refractivity contribution in [3.8, 4) is 5.75 Å². The highest BCUT2D eigenvalue weighted by Crippen LogP contribution is 2.26. The molecular weight excluding hydrogens is 226 g/mol. The standard InChI is InChI=1S/C15H13NO2/c17-15-6-3-12-8-13(4-5-14(12)15)18-10-11-2-1-7-16-9-11/h1-2,4-5,7-9H,3,6,10H2. The summed E-state index contributed by atoms with van der Waals surface area (Å²) in [6, 6.07) is 9.56. The molecule has 1 aliphatic carbocycles. The van der Waals surface area contributed by atoms with E-state index in [0.29, 0.717) is 13.0 Å². The third-order valence-electron chi connectivity index (χ3n) is 3.13. The van der Waals surface area contributed by atoms with Crippen molar-refractivity contribution in [2.75, 3.05) is 0 Å². The number of fused-ring (bicyclic) bond motifs is 1. The van der Waals surface area contributed by atoms with Crippen molar-refractivity contribution in [3.05, 3.63) is 59.4 Å². The highest BCUT2D eigenvalue weighted by molar-refractivity contribution is 6.00. The fraction of sp³-hybridized carbons (Fsp3) is 0.200. The van der Waals surface area contributed by atoms with Gasteiger partial charge in [0, 0.05) is 29.9 Å². The van der Waals surface area contributed by atoms with Gasteiger partial charge in [-0.1, -0.05) is 6.07 Å². The average Bonchev–Trinajstić information content (AvgIpc) is 2.79. The van der Waals surface area contributed by atoms with Crippen molar-refractivity contribution in [1.82, 2.24) is 4.98 Å². The van der Waals surface area contributed by atoms with Gasteiger partial charge >= 0.3 is 0 Å². The van der Waals surface area contributed by atoms with Crippen LogP contribution in [0, 0.1) is 0 Å². The van der Waals surface area contributed by atoms with Gasteiger partial charge in [0.25, 0.3) is 0 Å². The van der Waals surface area contributed by atoms with Crippen LogP contribution in [0.3, 0.4) is 0 Å². The zero-order chi connectivity index (χ0) is 12.4. The number of hydrogen-bond donors (Lipinski definition) is 0. The summed E-state index contributed by atoms with van der Waals surface area (Å²) in [5, 5.41) is 0. The fourth-order valence-electron chi connectivity index (χ4n) is 2.17. The molecule has 2 aromatic rings. The minimum absolute atomic E-state index is 0.240. The third kappa shape index (κ3) is 2.12. The highest BCUT2D eigenvalue weighted by Gasteiger charge is 2.19. The third-order valence-corrected chi connectivity index (χ3v) is 3.13. The van der Waals surface area contributed by atoms with Crippen molar-refractivity contribution in [2.24, 2.45) is 0 Å². The second-order valence-corrected chi connectivity index (χ2v) is 4.39. The van der Waals surface area contributed by atoms with E-state index >= 15 is 0 Å². The van der Waals surface area contributed by atoms with Gasteiger partial charge in [0.2, 0.25) is 0 Å². The second-order valence-electron chi connectivity index (χ2n) is 4.39. The molecule has 0 saturated heterocycles. The molecule has 0 radical (unpaired) electrons. The Labute approximate surface area is 105 Å². The molecule has 0 N–H and O–H groups in total. The molecule has 1 aromatic heterocycles. The van der Waals surface area contributed by atoms with Crippen LogP contribution in [0.5, 0.6) is 5.75 Å². The first-order valence-corrected chi connectivity index (χ1v) is 6.01. The van der Waals surface area contributed by atoms with E-state index in [0.717, 1.165) is 28.9 Å². The Morgan fingerprint density at radius 2 is 2.17 bits per heavy atom. The van der Waals surface area contributed by atoms with E-state index in [9.17, 15) is 4.79 Å². The first kappa shape index (κ1) is 11.0. The summed E-state index contributed by atoms with van der Waals surface area (Å²) in [5.41, 5.74) is 2.99. The lowest BCUT2D eigenvalue weighted by Gasteiger charge is -2.07. The lowest BCUT2D eigenvalue weighted by Crippen LogP contribution is -1.97. The van der Waals surface area contributed by atoms with Crippen LogP contribution in [0.25, 0.3) is 0 Å². The van der Waals surface area contributed by atoms with Crippen LogP contribution in [-0.2, 0) is 13.0 Å². The van der Waals surface area contributed by atoms with Crippen molar-refractivity contribution in [2.45, 2.75) is 19.4 Å². The number of nitrogens with zero attached hydrogens (tertiary/aromatic N) is 1. The minimum Gasteiger partial charge on any atom is -0.489 e. The number of aryl methyl sites for hydroxylation is 1. The zero-order valence-electron chi connectivity index (χ0n) is 9.93. The molecule has 0 saturated carbocycles. The van der Waals surface area contributed by atoms with Crippen molar-refractivity contribution in [3.63, 3.8) is 0 Å². The maximum atomic E-state index is 11.5. The molecule has 0 amide bonds. The van der Waals surface area contributed by atoms with E-state index in [1.54, 1.807) is 12.4 Å². The van der Waals surface area contributed by atoms with Crippen LogP contribution in [-0.4, -0.2) is 10.8 Å². The summed E-state index contributed by atoms with van der Waals surface area (Å²) in [7, 11) is 0. The molecule has 18 heavy (non-hydrogen) atoms. The maximum Gasteiger partial charge on any atom is 0.163 e. The summed E-state index contributed by atoms with van der Waals surface area (Å²) >= 11 is 0. The average molecular weight is 239 g/mol. The Bertz CT molecular complexity index is 578. The van der Waals surface area contributed by atoms with E-state index in [2.05, 4.69) is 4.98 Å². The van der Waals surface area contributed by atoms with Gasteiger partial charge in [-0.15, -0.1) is 0 Å². The SMILES string of the molecule is O=C1CCc2cc(OCc3cccnc3)ccc21. The van der Waals surface area contributed by atoms with Gasteiger partial charge < -0.3 is 4.74 Å². The van der Waals surface area contributed by atoms with Crippen LogP contribution >= 0.6 is 0 Å². The number of Topliss-reactive ketones (excluding diaryl/α,β-unsaturated/α-hetero) is 1. The maximum absolute atomic E-state index is 11.5. The quantitative estimate of drug-likeness (QED) is 0.826. The molecule has 3 nitrogen and oxygen atoms in total. The van der Waals surface area contributed by atoms with E-state index < -0.39 is 0 Å². The van der Waals surface area contributed by atoms with Crippen LogP contribution in [0.15, 0.2) is 42.7 Å². The number of carbonyl (C=O) groups excluding carboxylic acids is 1. The molecule has 90 valence electrons. The van der Waals surface area contributed by atoms with Crippen LogP contribution in [0.4, 0.5) is 0 Å². The number of hydrogen-bond acceptors (Lipinski definition) is 3. The molecule has 0 atom stereocenters. The monoisotopic (exact) mass is 239 g/mol. The summed E-state index contributed by atoms with van der Waals surface area (Å²) in [5.74, 6) is 1.05. The molecule has 1 aromatic carbocycles. The summed E-state index contributed by atoms with van der Waals surface area (Å²) in [6.45, 7) is 0.501. The van der Waals surface area contributed by atoms with Crippen LogP contribution in [0.1, 0.15) is 27.9 Å². The first-order valence-electron chi connectivity index (χ1n) is 6.01. The van der Waals surface area contributed by atoms with Crippen LogP contribution < -0.4 is 4.74 Å². The Morgan fingerprint density at radius 1 is 1.22 bits per heavy atom. The molecule has 0 aliphatic heterocycles. The van der Waals surface area contributed by atoms with Gasteiger partial charge in [-0.3, -0.25) is 9.78 Å². The molecule has 3 heteroatoms. The number of benzene rings is 1. The lowest BCUT2D eigenvalue weighted by atomic mass is 10.1. The molecule has 0 bridgehead atoms. The highest BCUT2D eigenvalue weighted by atomic mass is 16.5. The minimum atomic E-state index is 0.240. The second kappa shape index (κ2) is 4.61. The smallest absolute Gasteiger partial charge is 0.163 e. The van der Waals surface area contributed by atoms with E-state index in [4.69, 9.17) is 4.74 Å². The number of ether oxygens (including phenoxy) is 1. The Balaban J connectivity index is 1.73. The van der Waals surface area contributed by atoms with Crippen molar-refractivity contribution >= 4 is 5.78 Å². The molecular formula is C15H13NO2. The topological polar surface area (TPSA) is 39.2 Å². The van der Waals surface area contributed by atoms with Gasteiger partial charge in [-0.25, -0.2) is 0 Å². The van der Waals surface area contributed by atoms with Crippen molar-refractivity contribution < 1.29 is 9.53 Å². The summed E-state index contributed by atoms with van der Waals surface area (Å²) in [6.07, 6.45) is 4.99.